The second-order valence-electron chi connectivity index (χ2n) is 2.68. The third kappa shape index (κ3) is 2.44. The second kappa shape index (κ2) is 4.26. The van der Waals surface area contributed by atoms with E-state index < -0.39 is 0 Å². The van der Waals surface area contributed by atoms with Crippen molar-refractivity contribution in [2.45, 2.75) is 12.5 Å². The van der Waals surface area contributed by atoms with Gasteiger partial charge in [-0.1, -0.05) is 6.07 Å². The number of phenolic OH excluding ortho intramolecular Hbond substituents is 1. The second-order valence-corrected chi connectivity index (χ2v) is 3.53. The number of hydrogen-bond acceptors (Lipinski definition) is 3. The van der Waals surface area contributed by atoms with E-state index in [1.165, 1.54) is 0 Å². The summed E-state index contributed by atoms with van der Waals surface area (Å²) in [6.07, 6.45) is 0.275. The van der Waals surface area contributed by atoms with Crippen molar-refractivity contribution < 1.29 is 5.11 Å². The van der Waals surface area contributed by atoms with E-state index in [9.17, 15) is 5.11 Å². The van der Waals surface area contributed by atoms with Gasteiger partial charge in [-0.05, 0) is 33.6 Å². The minimum Gasteiger partial charge on any atom is -0.507 e. The van der Waals surface area contributed by atoms with Gasteiger partial charge in [0, 0.05) is 6.04 Å². The number of halogens is 1. The molecule has 0 saturated carbocycles. The van der Waals surface area contributed by atoms with Crippen LogP contribution in [0.25, 0.3) is 0 Å². The molecule has 0 aliphatic carbocycles. The minimum atomic E-state index is -0.290. The van der Waals surface area contributed by atoms with Gasteiger partial charge in [0.2, 0.25) is 0 Å². The zero-order valence-corrected chi connectivity index (χ0v) is 8.45. The SMILES string of the molecule is N#CC[C@@H](N)c1ccc(O)c(Br)c1. The third-order valence-corrected chi connectivity index (χ3v) is 2.35. The zero-order valence-electron chi connectivity index (χ0n) is 6.87. The first kappa shape index (κ1) is 10.0. The molecule has 0 unspecified atom stereocenters. The highest BCUT2D eigenvalue weighted by atomic mass is 79.9. The summed E-state index contributed by atoms with van der Waals surface area (Å²) in [7, 11) is 0. The number of phenols is 1. The molecular weight excluding hydrogens is 232 g/mol. The summed E-state index contributed by atoms with van der Waals surface area (Å²) in [5.74, 6) is 0.174. The highest BCUT2D eigenvalue weighted by Gasteiger charge is 2.07. The Morgan fingerprint density at radius 3 is 2.85 bits per heavy atom. The molecule has 3 nitrogen and oxygen atoms in total. The smallest absolute Gasteiger partial charge is 0.129 e. The summed E-state index contributed by atoms with van der Waals surface area (Å²) in [4.78, 5) is 0. The van der Waals surface area contributed by atoms with E-state index in [0.29, 0.717) is 4.47 Å². The molecule has 1 atom stereocenters. The molecule has 0 bridgehead atoms. The van der Waals surface area contributed by atoms with E-state index in [-0.39, 0.29) is 18.2 Å². The molecule has 0 amide bonds. The molecule has 13 heavy (non-hydrogen) atoms. The van der Waals surface area contributed by atoms with E-state index in [1.807, 2.05) is 6.07 Å². The van der Waals surface area contributed by atoms with Gasteiger partial charge in [0.25, 0.3) is 0 Å². The Bertz CT molecular complexity index is 346. The van der Waals surface area contributed by atoms with Gasteiger partial charge in [0.05, 0.1) is 17.0 Å². The average molecular weight is 241 g/mol. The quantitative estimate of drug-likeness (QED) is 0.832. The van der Waals surface area contributed by atoms with E-state index in [4.69, 9.17) is 11.0 Å². The molecular formula is C9H9BrN2O. The fourth-order valence-electron chi connectivity index (χ4n) is 0.970. The average Bonchev–Trinajstić information content (AvgIpc) is 2.10. The molecule has 4 heteroatoms. The van der Waals surface area contributed by atoms with E-state index in [2.05, 4.69) is 15.9 Å². The Hall–Kier alpha value is -1.05. The molecule has 1 aromatic carbocycles. The lowest BCUT2D eigenvalue weighted by Crippen LogP contribution is -2.08. The number of nitrogens with zero attached hydrogens (tertiary/aromatic N) is 1. The van der Waals surface area contributed by atoms with Gasteiger partial charge in [-0.2, -0.15) is 5.26 Å². The van der Waals surface area contributed by atoms with Crippen LogP contribution in [0, 0.1) is 11.3 Å². The monoisotopic (exact) mass is 240 g/mol. The lowest BCUT2D eigenvalue weighted by atomic mass is 10.1. The number of rotatable bonds is 2. The maximum absolute atomic E-state index is 9.20. The molecule has 0 spiro atoms. The molecule has 1 aromatic rings. The zero-order chi connectivity index (χ0) is 9.84. The van der Waals surface area contributed by atoms with Crippen molar-refractivity contribution in [3.63, 3.8) is 0 Å². The topological polar surface area (TPSA) is 70.0 Å². The fraction of sp³-hybridized carbons (Fsp3) is 0.222. The lowest BCUT2D eigenvalue weighted by molar-refractivity contribution is 0.471. The number of benzene rings is 1. The van der Waals surface area contributed by atoms with Crippen molar-refractivity contribution in [1.82, 2.24) is 0 Å². The van der Waals surface area contributed by atoms with Crippen LogP contribution in [0.3, 0.4) is 0 Å². The van der Waals surface area contributed by atoms with Crippen molar-refractivity contribution in [2.24, 2.45) is 5.73 Å². The van der Waals surface area contributed by atoms with Crippen LogP contribution < -0.4 is 5.73 Å². The van der Waals surface area contributed by atoms with Crippen LogP contribution in [0.15, 0.2) is 22.7 Å². The van der Waals surface area contributed by atoms with Crippen LogP contribution >= 0.6 is 15.9 Å². The Morgan fingerprint density at radius 2 is 2.31 bits per heavy atom. The fourth-order valence-corrected chi connectivity index (χ4v) is 1.37. The molecule has 0 saturated heterocycles. The van der Waals surface area contributed by atoms with Crippen molar-refractivity contribution in [1.29, 1.82) is 5.26 Å². The molecule has 0 heterocycles. The van der Waals surface area contributed by atoms with Crippen molar-refractivity contribution in [2.75, 3.05) is 0 Å². The first-order valence-corrected chi connectivity index (χ1v) is 4.55. The van der Waals surface area contributed by atoms with Gasteiger partial charge in [-0.15, -0.1) is 0 Å². The van der Waals surface area contributed by atoms with E-state index in [1.54, 1.807) is 18.2 Å². The van der Waals surface area contributed by atoms with Crippen LogP contribution in [0.5, 0.6) is 5.75 Å². The van der Waals surface area contributed by atoms with E-state index >= 15 is 0 Å². The maximum atomic E-state index is 9.20. The highest BCUT2D eigenvalue weighted by molar-refractivity contribution is 9.10. The molecule has 0 aliphatic heterocycles. The molecule has 68 valence electrons. The molecule has 0 aliphatic rings. The number of nitriles is 1. The highest BCUT2D eigenvalue weighted by Crippen LogP contribution is 2.27. The van der Waals surface area contributed by atoms with Gasteiger partial charge in [0.1, 0.15) is 5.75 Å². The van der Waals surface area contributed by atoms with Crippen LogP contribution in [-0.4, -0.2) is 5.11 Å². The maximum Gasteiger partial charge on any atom is 0.129 e. The van der Waals surface area contributed by atoms with E-state index in [0.717, 1.165) is 5.56 Å². The van der Waals surface area contributed by atoms with Crippen LogP contribution in [0.2, 0.25) is 0 Å². The van der Waals surface area contributed by atoms with Crippen LogP contribution in [-0.2, 0) is 0 Å². The Labute approximate surface area is 84.9 Å². The minimum absolute atomic E-state index is 0.174. The molecule has 0 fully saturated rings. The predicted octanol–water partition coefficient (Wildman–Crippen LogP) is 2.07. The van der Waals surface area contributed by atoms with Crippen molar-refractivity contribution >= 4 is 15.9 Å². The summed E-state index contributed by atoms with van der Waals surface area (Å²) in [5, 5.41) is 17.6. The predicted molar refractivity (Wildman–Crippen MR) is 53.0 cm³/mol. The third-order valence-electron chi connectivity index (χ3n) is 1.71. The van der Waals surface area contributed by atoms with Gasteiger partial charge >= 0.3 is 0 Å². The number of nitrogens with two attached hydrogens (primary N) is 1. The van der Waals surface area contributed by atoms with Crippen LogP contribution in [0.4, 0.5) is 0 Å². The lowest BCUT2D eigenvalue weighted by Gasteiger charge is -2.08. The van der Waals surface area contributed by atoms with Crippen molar-refractivity contribution in [3.05, 3.63) is 28.2 Å². The summed E-state index contributed by atoms with van der Waals surface area (Å²) in [5.41, 5.74) is 6.54. The normalized spacial score (nSPS) is 12.1. The number of aromatic hydroxyl groups is 1. The summed E-state index contributed by atoms with van der Waals surface area (Å²) in [6, 6.07) is 6.69. The first-order valence-electron chi connectivity index (χ1n) is 3.76. The summed E-state index contributed by atoms with van der Waals surface area (Å²) < 4.78 is 0.596. The molecule has 0 radical (unpaired) electrons. The largest absolute Gasteiger partial charge is 0.507 e. The molecule has 3 N–H and O–H groups in total. The van der Waals surface area contributed by atoms with Crippen molar-refractivity contribution in [3.8, 4) is 11.8 Å². The van der Waals surface area contributed by atoms with Gasteiger partial charge in [0.15, 0.2) is 0 Å². The summed E-state index contributed by atoms with van der Waals surface area (Å²) in [6.45, 7) is 0. The Balaban J connectivity index is 2.91. The van der Waals surface area contributed by atoms with Gasteiger partial charge in [-0.3, -0.25) is 0 Å². The molecule has 0 aromatic heterocycles. The van der Waals surface area contributed by atoms with Gasteiger partial charge < -0.3 is 10.8 Å². The molecule has 1 rings (SSSR count). The summed E-state index contributed by atoms with van der Waals surface area (Å²) >= 11 is 3.18. The Kier molecular flexibility index (Phi) is 3.29. The van der Waals surface area contributed by atoms with Crippen LogP contribution in [0.1, 0.15) is 18.0 Å². The Morgan fingerprint density at radius 1 is 1.62 bits per heavy atom. The first-order chi connectivity index (χ1) is 6.15. The van der Waals surface area contributed by atoms with Gasteiger partial charge in [-0.25, -0.2) is 0 Å². The number of hydrogen-bond donors (Lipinski definition) is 2. The standard InChI is InChI=1S/C9H9BrN2O/c10-7-5-6(1-2-9(7)13)8(12)3-4-11/h1-2,5,8,13H,3,12H2/t8-/m1/s1.